The lowest BCUT2D eigenvalue weighted by Crippen LogP contribution is -2.44. The molecular weight excluding hydrogens is 457 g/mol. The van der Waals surface area contributed by atoms with Gasteiger partial charge in [-0.1, -0.05) is 30.7 Å². The largest absolute Gasteiger partial charge is 0.573 e. The summed E-state index contributed by atoms with van der Waals surface area (Å²) in [6.07, 6.45) is -0.806. The van der Waals surface area contributed by atoms with Crippen molar-refractivity contribution in [2.75, 3.05) is 13.1 Å². The van der Waals surface area contributed by atoms with Gasteiger partial charge in [0.1, 0.15) is 17.1 Å². The van der Waals surface area contributed by atoms with Crippen molar-refractivity contribution in [2.24, 2.45) is 0 Å². The zero-order valence-corrected chi connectivity index (χ0v) is 18.8. The normalized spacial score (nSPS) is 15.7. The second-order valence-electron chi connectivity index (χ2n) is 8.05. The molecule has 1 saturated heterocycles. The Hall–Kier alpha value is -2.78. The first-order valence-corrected chi connectivity index (χ1v) is 11.1. The first-order chi connectivity index (χ1) is 15.7. The number of piperidine rings is 1. The third kappa shape index (κ3) is 5.78. The Morgan fingerprint density at radius 2 is 1.88 bits per heavy atom. The number of likely N-dealkylation sites (tertiary alicyclic amines) is 1. The average molecular weight is 481 g/mol. The monoisotopic (exact) mass is 480 g/mol. The lowest BCUT2D eigenvalue weighted by Gasteiger charge is -2.32. The molecule has 1 N–H and O–H groups in total. The number of hydrogen-bond acceptors (Lipinski definition) is 4. The van der Waals surface area contributed by atoms with Crippen LogP contribution >= 0.6 is 11.6 Å². The molecule has 176 valence electrons. The highest BCUT2D eigenvalue weighted by molar-refractivity contribution is 6.30. The van der Waals surface area contributed by atoms with E-state index >= 15 is 0 Å². The highest BCUT2D eigenvalue weighted by Gasteiger charge is 2.31. The number of imidazole rings is 1. The number of benzene rings is 1. The van der Waals surface area contributed by atoms with E-state index in [1.165, 1.54) is 12.1 Å². The fourth-order valence-corrected chi connectivity index (χ4v) is 4.26. The molecule has 0 spiro atoms. The summed E-state index contributed by atoms with van der Waals surface area (Å²) >= 11 is 6.12. The Labute approximate surface area is 194 Å². The number of hydrogen-bond donors (Lipinski definition) is 1. The third-order valence-electron chi connectivity index (χ3n) is 5.69. The van der Waals surface area contributed by atoms with Crippen LogP contribution in [0.15, 0.2) is 42.6 Å². The molecule has 0 bridgehead atoms. The molecule has 3 heterocycles. The first-order valence-electron chi connectivity index (χ1n) is 10.8. The van der Waals surface area contributed by atoms with Crippen LogP contribution in [0, 0.1) is 0 Å². The van der Waals surface area contributed by atoms with E-state index in [1.807, 2.05) is 6.92 Å². The number of halogens is 4. The molecule has 1 amide bonds. The number of carbonyl (C=O) groups excluding carboxylic acids is 1. The summed E-state index contributed by atoms with van der Waals surface area (Å²) in [6, 6.07) is 9.49. The van der Waals surface area contributed by atoms with E-state index in [0.717, 1.165) is 37.2 Å². The lowest BCUT2D eigenvalue weighted by molar-refractivity contribution is -0.274. The SMILES string of the molecule is CCc1nc2ccc(Cl)cn2c1C(=O)NC1CCN(Cc2ccc(OC(F)(F)F)cc2)CC1. The molecule has 10 heteroatoms. The second-order valence-corrected chi connectivity index (χ2v) is 8.49. The Morgan fingerprint density at radius 3 is 2.52 bits per heavy atom. The topological polar surface area (TPSA) is 58.9 Å². The number of carbonyl (C=O) groups is 1. The van der Waals surface area contributed by atoms with Crippen molar-refractivity contribution < 1.29 is 22.7 Å². The minimum Gasteiger partial charge on any atom is -0.406 e. The van der Waals surface area contributed by atoms with E-state index in [0.29, 0.717) is 29.3 Å². The van der Waals surface area contributed by atoms with E-state index < -0.39 is 6.36 Å². The first kappa shape index (κ1) is 23.4. The van der Waals surface area contributed by atoms with Crippen molar-refractivity contribution in [3.63, 3.8) is 0 Å². The molecular formula is C23H24ClF3N4O2. The van der Waals surface area contributed by atoms with Crippen LogP contribution in [-0.2, 0) is 13.0 Å². The van der Waals surface area contributed by atoms with Gasteiger partial charge in [0.25, 0.3) is 5.91 Å². The Balaban J connectivity index is 1.33. The molecule has 1 aliphatic heterocycles. The van der Waals surface area contributed by atoms with Crippen LogP contribution in [0.4, 0.5) is 13.2 Å². The minimum atomic E-state index is -4.69. The van der Waals surface area contributed by atoms with Gasteiger partial charge in [-0.15, -0.1) is 13.2 Å². The number of nitrogens with one attached hydrogen (secondary N) is 1. The number of aryl methyl sites for hydroxylation is 1. The summed E-state index contributed by atoms with van der Waals surface area (Å²) in [5.74, 6) is -0.395. The number of alkyl halides is 3. The molecule has 33 heavy (non-hydrogen) atoms. The van der Waals surface area contributed by atoms with E-state index in [1.54, 1.807) is 34.9 Å². The van der Waals surface area contributed by atoms with Crippen LogP contribution in [0.2, 0.25) is 5.02 Å². The van der Waals surface area contributed by atoms with Crippen molar-refractivity contribution in [3.8, 4) is 5.75 Å². The Kier molecular flexibility index (Phi) is 6.81. The predicted molar refractivity (Wildman–Crippen MR) is 118 cm³/mol. The molecule has 0 aliphatic carbocycles. The van der Waals surface area contributed by atoms with Gasteiger partial charge in [0, 0.05) is 31.9 Å². The summed E-state index contributed by atoms with van der Waals surface area (Å²) in [5.41, 5.74) is 2.83. The van der Waals surface area contributed by atoms with Gasteiger partial charge < -0.3 is 10.1 Å². The van der Waals surface area contributed by atoms with Crippen LogP contribution in [0.3, 0.4) is 0 Å². The number of ether oxygens (including phenoxy) is 1. The molecule has 0 radical (unpaired) electrons. The predicted octanol–water partition coefficient (Wildman–Crippen LogP) is 4.84. The maximum atomic E-state index is 13.1. The van der Waals surface area contributed by atoms with E-state index in [9.17, 15) is 18.0 Å². The van der Waals surface area contributed by atoms with Gasteiger partial charge in [0.2, 0.25) is 0 Å². The summed E-state index contributed by atoms with van der Waals surface area (Å²) in [4.78, 5) is 19.8. The summed E-state index contributed by atoms with van der Waals surface area (Å²) in [5, 5.41) is 3.66. The van der Waals surface area contributed by atoms with Crippen LogP contribution in [0.1, 0.15) is 41.5 Å². The summed E-state index contributed by atoms with van der Waals surface area (Å²) in [7, 11) is 0. The number of nitrogens with zero attached hydrogens (tertiary/aromatic N) is 3. The van der Waals surface area contributed by atoms with Crippen molar-refractivity contribution in [1.82, 2.24) is 19.6 Å². The molecule has 4 rings (SSSR count). The van der Waals surface area contributed by atoms with E-state index in [-0.39, 0.29) is 17.7 Å². The molecule has 6 nitrogen and oxygen atoms in total. The van der Waals surface area contributed by atoms with Gasteiger partial charge >= 0.3 is 6.36 Å². The van der Waals surface area contributed by atoms with Gasteiger partial charge in [-0.2, -0.15) is 0 Å². The fourth-order valence-electron chi connectivity index (χ4n) is 4.10. The quantitative estimate of drug-likeness (QED) is 0.548. The molecule has 1 fully saturated rings. The van der Waals surface area contributed by atoms with Crippen LogP contribution in [0.5, 0.6) is 5.75 Å². The van der Waals surface area contributed by atoms with E-state index in [4.69, 9.17) is 11.6 Å². The number of pyridine rings is 1. The highest BCUT2D eigenvalue weighted by atomic mass is 35.5. The highest BCUT2D eigenvalue weighted by Crippen LogP contribution is 2.24. The van der Waals surface area contributed by atoms with Crippen LogP contribution in [0.25, 0.3) is 5.65 Å². The Bertz CT molecular complexity index is 1120. The summed E-state index contributed by atoms with van der Waals surface area (Å²) in [6.45, 7) is 4.12. The maximum absolute atomic E-state index is 13.1. The van der Waals surface area contributed by atoms with Gasteiger partial charge in [-0.3, -0.25) is 14.1 Å². The zero-order valence-electron chi connectivity index (χ0n) is 18.0. The molecule has 0 saturated carbocycles. The second kappa shape index (κ2) is 9.61. The number of amides is 1. The van der Waals surface area contributed by atoms with Gasteiger partial charge in [-0.05, 0) is 49.1 Å². The smallest absolute Gasteiger partial charge is 0.406 e. The van der Waals surface area contributed by atoms with Crippen LogP contribution in [-0.4, -0.2) is 45.7 Å². The third-order valence-corrected chi connectivity index (χ3v) is 5.91. The van der Waals surface area contributed by atoms with Gasteiger partial charge in [-0.25, -0.2) is 4.98 Å². The lowest BCUT2D eigenvalue weighted by atomic mass is 10.0. The molecule has 2 aromatic heterocycles. The van der Waals surface area contributed by atoms with E-state index in [2.05, 4.69) is 19.9 Å². The van der Waals surface area contributed by atoms with Crippen molar-refractivity contribution in [3.05, 3.63) is 64.6 Å². The van der Waals surface area contributed by atoms with Crippen molar-refractivity contribution in [1.29, 1.82) is 0 Å². The molecule has 0 unspecified atom stereocenters. The fraction of sp³-hybridized carbons (Fsp3) is 0.391. The number of aromatic nitrogens is 2. The minimum absolute atomic E-state index is 0.0331. The van der Waals surface area contributed by atoms with Gasteiger partial charge in [0.05, 0.1) is 10.7 Å². The van der Waals surface area contributed by atoms with Crippen LogP contribution < -0.4 is 10.1 Å². The number of rotatable bonds is 6. The van der Waals surface area contributed by atoms with Crippen molar-refractivity contribution >= 4 is 23.2 Å². The average Bonchev–Trinajstić information content (AvgIpc) is 3.13. The molecule has 3 aromatic rings. The maximum Gasteiger partial charge on any atom is 0.573 e. The standard InChI is InChI=1S/C23H24ClF3N4O2/c1-2-19-21(31-14-16(24)5-8-20(31)29-19)22(32)28-17-9-11-30(12-10-17)13-15-3-6-18(7-4-15)33-23(25,26)27/h3-8,14,17H,2,9-13H2,1H3,(H,28,32). The van der Waals surface area contributed by atoms with Crippen molar-refractivity contribution in [2.45, 2.75) is 45.1 Å². The number of fused-ring (bicyclic) bond motifs is 1. The molecule has 0 atom stereocenters. The zero-order chi connectivity index (χ0) is 23.6. The Morgan fingerprint density at radius 1 is 1.18 bits per heavy atom. The van der Waals surface area contributed by atoms with Gasteiger partial charge in [0.15, 0.2) is 0 Å². The summed E-state index contributed by atoms with van der Waals surface area (Å²) < 4.78 is 42.5. The molecule has 1 aliphatic rings. The molecule has 1 aromatic carbocycles.